The molecule has 1 aromatic heterocycles. The fraction of sp³-hybridized carbons (Fsp3) is 0. The van der Waals surface area contributed by atoms with Gasteiger partial charge in [0.2, 0.25) is 0 Å². The zero-order chi connectivity index (χ0) is 31.4. The summed E-state index contributed by atoms with van der Waals surface area (Å²) in [5, 5.41) is 3.27. The molecular formula is C42H30N3OP. The van der Waals surface area contributed by atoms with Crippen molar-refractivity contribution >= 4 is 57.3 Å². The Morgan fingerprint density at radius 3 is 1.43 bits per heavy atom. The van der Waals surface area contributed by atoms with Crippen LogP contribution in [-0.2, 0) is 4.57 Å². The minimum Gasteiger partial charge on any atom is -0.309 e. The van der Waals surface area contributed by atoms with Crippen LogP contribution >= 0.6 is 7.44 Å². The van der Waals surface area contributed by atoms with Crippen molar-refractivity contribution in [3.63, 3.8) is 0 Å². The van der Waals surface area contributed by atoms with Gasteiger partial charge in [-0.2, -0.15) is 0 Å². The van der Waals surface area contributed by atoms with E-state index in [0.29, 0.717) is 0 Å². The van der Waals surface area contributed by atoms with Crippen molar-refractivity contribution in [2.45, 2.75) is 0 Å². The summed E-state index contributed by atoms with van der Waals surface area (Å²) in [6, 6.07) is 62.4. The van der Waals surface area contributed by atoms with Gasteiger partial charge in [-0.3, -0.25) is 13.9 Å². The number of hydrogen-bond donors (Lipinski definition) is 0. The molecule has 0 saturated carbocycles. The predicted molar refractivity (Wildman–Crippen MR) is 197 cm³/mol. The lowest BCUT2D eigenvalue weighted by atomic mass is 10.0. The molecule has 1 atom stereocenters. The maximum absolute atomic E-state index is 15.8. The highest BCUT2D eigenvalue weighted by Crippen LogP contribution is 2.70. The van der Waals surface area contributed by atoms with Crippen LogP contribution < -0.4 is 14.6 Å². The summed E-state index contributed by atoms with van der Waals surface area (Å²) in [5.74, 6) is 0. The first-order valence-corrected chi connectivity index (χ1v) is 17.4. The summed E-state index contributed by atoms with van der Waals surface area (Å²) in [4.78, 5) is 0. The Labute approximate surface area is 273 Å². The standard InChI is InChI=1S/C42H30N3OP/c46-47(36-18-8-3-9-19-36)44(34-14-4-1-5-15-34)41-29-26-32(30-42(41)45(47)35-16-6-2-7-17-35)31-24-27-33(28-25-31)43-39-22-12-10-20-37(39)38-21-11-13-23-40(38)43/h1-30H. The molecule has 0 amide bonds. The summed E-state index contributed by atoms with van der Waals surface area (Å²) in [6.07, 6.45) is 0. The number of rotatable bonds is 5. The number of fused-ring (bicyclic) bond motifs is 4. The van der Waals surface area contributed by atoms with Crippen LogP contribution in [0.2, 0.25) is 0 Å². The van der Waals surface area contributed by atoms with E-state index in [2.05, 4.69) is 100 Å². The second-order valence-electron chi connectivity index (χ2n) is 11.8. The fourth-order valence-corrected chi connectivity index (χ4v) is 10.0. The monoisotopic (exact) mass is 623 g/mol. The number of benzene rings is 7. The van der Waals surface area contributed by atoms with Crippen LogP contribution in [0.15, 0.2) is 182 Å². The van der Waals surface area contributed by atoms with E-state index in [1.54, 1.807) is 0 Å². The predicted octanol–water partition coefficient (Wildman–Crippen LogP) is 11.3. The first kappa shape index (κ1) is 27.5. The van der Waals surface area contributed by atoms with Crippen LogP contribution in [0.25, 0.3) is 38.6 Å². The molecular weight excluding hydrogens is 593 g/mol. The van der Waals surface area contributed by atoms with E-state index >= 15 is 4.57 Å². The van der Waals surface area contributed by atoms with Gasteiger partial charge in [-0.1, -0.05) is 109 Å². The summed E-state index contributed by atoms with van der Waals surface area (Å²) in [6.45, 7) is 0. The number of aromatic nitrogens is 1. The maximum atomic E-state index is 15.8. The third kappa shape index (κ3) is 4.26. The highest BCUT2D eigenvalue weighted by molar-refractivity contribution is 7.76. The molecule has 5 heteroatoms. The molecule has 0 aliphatic carbocycles. The van der Waals surface area contributed by atoms with E-state index in [9.17, 15) is 0 Å². The van der Waals surface area contributed by atoms with Gasteiger partial charge in [-0.05, 0) is 83.9 Å². The summed E-state index contributed by atoms with van der Waals surface area (Å²) in [5.41, 5.74) is 9.26. The second-order valence-corrected chi connectivity index (χ2v) is 14.2. The van der Waals surface area contributed by atoms with E-state index in [-0.39, 0.29) is 0 Å². The van der Waals surface area contributed by atoms with Crippen molar-refractivity contribution in [3.05, 3.63) is 182 Å². The molecule has 1 aliphatic rings. The molecule has 0 bridgehead atoms. The minimum absolute atomic E-state index is 0.779. The lowest BCUT2D eigenvalue weighted by Crippen LogP contribution is -2.26. The van der Waals surface area contributed by atoms with Gasteiger partial charge in [0, 0.05) is 27.8 Å². The van der Waals surface area contributed by atoms with Gasteiger partial charge >= 0.3 is 7.44 Å². The van der Waals surface area contributed by atoms with Crippen LogP contribution in [0.4, 0.5) is 22.7 Å². The quantitative estimate of drug-likeness (QED) is 0.179. The normalized spacial score (nSPS) is 15.7. The van der Waals surface area contributed by atoms with Gasteiger partial charge in [0.25, 0.3) is 0 Å². The maximum Gasteiger partial charge on any atom is 0.301 e. The molecule has 2 heterocycles. The highest BCUT2D eigenvalue weighted by Gasteiger charge is 2.49. The fourth-order valence-electron chi connectivity index (χ4n) is 7.02. The molecule has 0 N–H and O–H groups in total. The molecule has 1 unspecified atom stereocenters. The molecule has 0 saturated heterocycles. The number of hydrogen-bond acceptors (Lipinski definition) is 1. The van der Waals surface area contributed by atoms with Crippen LogP contribution in [0.1, 0.15) is 0 Å². The van der Waals surface area contributed by atoms with Gasteiger partial charge < -0.3 is 4.57 Å². The van der Waals surface area contributed by atoms with Crippen molar-refractivity contribution in [2.75, 3.05) is 9.34 Å². The van der Waals surface area contributed by atoms with Gasteiger partial charge in [0.15, 0.2) is 0 Å². The summed E-state index contributed by atoms with van der Waals surface area (Å²) in [7, 11) is -3.40. The average Bonchev–Trinajstić information content (AvgIpc) is 3.62. The third-order valence-electron chi connectivity index (χ3n) is 9.11. The first-order valence-electron chi connectivity index (χ1n) is 15.8. The van der Waals surface area contributed by atoms with Crippen LogP contribution in [0, 0.1) is 0 Å². The molecule has 0 spiro atoms. The molecule has 47 heavy (non-hydrogen) atoms. The van der Waals surface area contributed by atoms with Crippen LogP contribution in [-0.4, -0.2) is 4.57 Å². The largest absolute Gasteiger partial charge is 0.309 e. The molecule has 1 aliphatic heterocycles. The van der Waals surface area contributed by atoms with E-state index in [1.165, 1.54) is 21.8 Å². The van der Waals surface area contributed by atoms with E-state index in [4.69, 9.17) is 0 Å². The molecule has 9 rings (SSSR count). The number of anilines is 4. The Morgan fingerprint density at radius 2 is 0.851 bits per heavy atom. The smallest absolute Gasteiger partial charge is 0.301 e. The average molecular weight is 624 g/mol. The molecule has 8 aromatic rings. The van der Waals surface area contributed by atoms with Gasteiger partial charge in [-0.15, -0.1) is 0 Å². The molecule has 4 nitrogen and oxygen atoms in total. The summed E-state index contributed by atoms with van der Waals surface area (Å²) < 4.78 is 22.3. The molecule has 0 fully saturated rings. The summed E-state index contributed by atoms with van der Waals surface area (Å²) >= 11 is 0. The van der Waals surface area contributed by atoms with E-state index in [1.807, 2.05) is 95.7 Å². The topological polar surface area (TPSA) is 28.5 Å². The first-order chi connectivity index (χ1) is 23.2. The third-order valence-corrected chi connectivity index (χ3v) is 12.1. The molecule has 7 aromatic carbocycles. The number of para-hydroxylation sites is 4. The van der Waals surface area contributed by atoms with E-state index < -0.39 is 7.44 Å². The van der Waals surface area contributed by atoms with Crippen molar-refractivity contribution in [1.82, 2.24) is 4.57 Å². The Bertz CT molecular complexity index is 2390. The van der Waals surface area contributed by atoms with E-state index in [0.717, 1.165) is 44.9 Å². The Morgan fingerprint density at radius 1 is 0.383 bits per heavy atom. The van der Waals surface area contributed by atoms with Gasteiger partial charge in [-0.25, -0.2) is 0 Å². The lowest BCUT2D eigenvalue weighted by Gasteiger charge is -2.33. The van der Waals surface area contributed by atoms with Crippen molar-refractivity contribution < 1.29 is 4.57 Å². The van der Waals surface area contributed by atoms with Crippen LogP contribution in [0.3, 0.4) is 0 Å². The van der Waals surface area contributed by atoms with Gasteiger partial charge in [0.05, 0.1) is 27.7 Å². The Balaban J connectivity index is 1.21. The molecule has 0 radical (unpaired) electrons. The Hall–Kier alpha value is -5.83. The zero-order valence-corrected chi connectivity index (χ0v) is 26.4. The van der Waals surface area contributed by atoms with Crippen molar-refractivity contribution in [1.29, 1.82) is 0 Å². The van der Waals surface area contributed by atoms with Crippen molar-refractivity contribution in [3.8, 4) is 16.8 Å². The second kappa shape index (κ2) is 10.9. The van der Waals surface area contributed by atoms with Gasteiger partial charge in [0.1, 0.15) is 0 Å². The molecule has 224 valence electrons. The van der Waals surface area contributed by atoms with Crippen molar-refractivity contribution in [2.24, 2.45) is 0 Å². The Kier molecular flexibility index (Phi) is 6.38. The highest BCUT2D eigenvalue weighted by atomic mass is 31.2. The zero-order valence-electron chi connectivity index (χ0n) is 25.5. The minimum atomic E-state index is -3.40. The number of nitrogens with zero attached hydrogens (tertiary/aromatic N) is 3. The SMILES string of the molecule is O=P1(c2ccccc2)N(c2ccccc2)c2ccc(-c3ccc(-n4c5ccccc5c5ccccc54)cc3)cc2N1c1ccccc1. The lowest BCUT2D eigenvalue weighted by molar-refractivity contribution is 0.582. The van der Waals surface area contributed by atoms with Crippen LogP contribution in [0.5, 0.6) is 0 Å².